The first-order chi connectivity index (χ1) is 9.87. The maximum Gasteiger partial charge on any atom is 0.304 e. The van der Waals surface area contributed by atoms with Crippen molar-refractivity contribution < 1.29 is 13.3 Å². The molecule has 7 nitrogen and oxygen atoms in total. The second kappa shape index (κ2) is 6.29. The summed E-state index contributed by atoms with van der Waals surface area (Å²) in [4.78, 5) is 10.5. The minimum Gasteiger partial charge on any atom is -0.371 e. The molecule has 21 heavy (non-hydrogen) atoms. The van der Waals surface area contributed by atoms with Crippen LogP contribution in [0.4, 0.5) is 10.7 Å². The summed E-state index contributed by atoms with van der Waals surface area (Å²) in [6.07, 6.45) is 2.46. The molecular formula is C12H19N3O4S2. The van der Waals surface area contributed by atoms with E-state index in [-0.39, 0.29) is 15.9 Å². The third-order valence-corrected chi connectivity index (χ3v) is 7.02. The van der Waals surface area contributed by atoms with E-state index in [1.54, 1.807) is 0 Å². The number of nitrogens with one attached hydrogen (secondary N) is 1. The molecule has 0 aromatic carbocycles. The van der Waals surface area contributed by atoms with Crippen LogP contribution in [0.2, 0.25) is 0 Å². The van der Waals surface area contributed by atoms with Gasteiger partial charge in [0.15, 0.2) is 5.00 Å². The lowest BCUT2D eigenvalue weighted by molar-refractivity contribution is -0.383. The molecule has 118 valence electrons. The highest BCUT2D eigenvalue weighted by Crippen LogP contribution is 2.39. The average molecular weight is 333 g/mol. The van der Waals surface area contributed by atoms with Crippen molar-refractivity contribution in [1.29, 1.82) is 0 Å². The van der Waals surface area contributed by atoms with Gasteiger partial charge in [0, 0.05) is 25.2 Å². The maximum absolute atomic E-state index is 12.6. The number of nitro groups is 1. The summed E-state index contributed by atoms with van der Waals surface area (Å²) < 4.78 is 26.7. The Morgan fingerprint density at radius 2 is 2.29 bits per heavy atom. The van der Waals surface area contributed by atoms with E-state index < -0.39 is 14.9 Å². The van der Waals surface area contributed by atoms with E-state index in [9.17, 15) is 18.5 Å². The second-order valence-corrected chi connectivity index (χ2v) is 8.24. The van der Waals surface area contributed by atoms with E-state index in [0.717, 1.165) is 30.6 Å². The van der Waals surface area contributed by atoms with Gasteiger partial charge < -0.3 is 5.32 Å². The van der Waals surface area contributed by atoms with E-state index in [0.29, 0.717) is 18.1 Å². The molecule has 0 bridgehead atoms. The first-order valence-corrected chi connectivity index (χ1v) is 9.17. The summed E-state index contributed by atoms with van der Waals surface area (Å²) in [6.45, 7) is 4.85. The van der Waals surface area contributed by atoms with Gasteiger partial charge in [0.25, 0.3) is 10.0 Å². The molecule has 1 N–H and O–H groups in total. The van der Waals surface area contributed by atoms with Gasteiger partial charge in [-0.2, -0.15) is 4.31 Å². The molecule has 1 unspecified atom stereocenters. The number of sulfonamides is 1. The van der Waals surface area contributed by atoms with Crippen molar-refractivity contribution >= 4 is 32.0 Å². The molecule has 1 fully saturated rings. The molecular weight excluding hydrogens is 314 g/mol. The number of thiophene rings is 1. The van der Waals surface area contributed by atoms with Gasteiger partial charge in [0.05, 0.1) is 4.92 Å². The standard InChI is InChI=1S/C12H19N3O4S2/c1-3-6-13-12-10(15(16)17)8-11(20-12)21(18,19)14-7-4-5-9(14)2/h8-9,13H,3-7H2,1-2H3. The minimum absolute atomic E-state index is 0.0431. The van der Waals surface area contributed by atoms with Crippen LogP contribution in [0.15, 0.2) is 10.3 Å². The SMILES string of the molecule is CCCNc1sc(S(=O)(=O)N2CCCC2C)cc1[N+](=O)[O-]. The predicted octanol–water partition coefficient (Wildman–Crippen LogP) is 2.65. The fraction of sp³-hybridized carbons (Fsp3) is 0.667. The molecule has 1 aliphatic heterocycles. The summed E-state index contributed by atoms with van der Waals surface area (Å²) in [6, 6.07) is 1.12. The van der Waals surface area contributed by atoms with Gasteiger partial charge in [-0.1, -0.05) is 18.3 Å². The van der Waals surface area contributed by atoms with Crippen molar-refractivity contribution in [3.8, 4) is 0 Å². The van der Waals surface area contributed by atoms with Crippen LogP contribution in [-0.4, -0.2) is 36.8 Å². The summed E-state index contributed by atoms with van der Waals surface area (Å²) in [5.74, 6) is 0. The fourth-order valence-electron chi connectivity index (χ4n) is 2.37. The summed E-state index contributed by atoms with van der Waals surface area (Å²) in [5, 5.41) is 14.3. The molecule has 0 saturated carbocycles. The van der Waals surface area contributed by atoms with Crippen LogP contribution < -0.4 is 5.32 Å². The highest BCUT2D eigenvalue weighted by Gasteiger charge is 2.35. The smallest absolute Gasteiger partial charge is 0.304 e. The third-order valence-electron chi connectivity index (χ3n) is 3.48. The van der Waals surface area contributed by atoms with Crippen molar-refractivity contribution in [2.24, 2.45) is 0 Å². The lowest BCUT2D eigenvalue weighted by Crippen LogP contribution is -2.33. The van der Waals surface area contributed by atoms with Crippen LogP contribution in [0, 0.1) is 10.1 Å². The third kappa shape index (κ3) is 3.19. The van der Waals surface area contributed by atoms with E-state index in [2.05, 4.69) is 5.32 Å². The Kier molecular flexibility index (Phi) is 4.84. The molecule has 0 amide bonds. The van der Waals surface area contributed by atoms with Gasteiger partial charge in [0.1, 0.15) is 4.21 Å². The molecule has 1 aromatic heterocycles. The molecule has 2 heterocycles. The van der Waals surface area contributed by atoms with Gasteiger partial charge in [-0.25, -0.2) is 8.42 Å². The summed E-state index contributed by atoms with van der Waals surface area (Å²) in [7, 11) is -3.64. The van der Waals surface area contributed by atoms with Crippen molar-refractivity contribution in [2.75, 3.05) is 18.4 Å². The number of hydrogen-bond acceptors (Lipinski definition) is 6. The van der Waals surface area contributed by atoms with Crippen molar-refractivity contribution in [3.05, 3.63) is 16.2 Å². The number of anilines is 1. The lowest BCUT2D eigenvalue weighted by Gasteiger charge is -2.19. The molecule has 1 aliphatic rings. The zero-order valence-corrected chi connectivity index (χ0v) is 13.7. The zero-order chi connectivity index (χ0) is 15.6. The van der Waals surface area contributed by atoms with E-state index in [1.165, 1.54) is 10.4 Å². The van der Waals surface area contributed by atoms with Crippen LogP contribution in [-0.2, 0) is 10.0 Å². The average Bonchev–Trinajstić information content (AvgIpc) is 3.02. The Balaban J connectivity index is 2.37. The van der Waals surface area contributed by atoms with Crippen molar-refractivity contribution in [3.63, 3.8) is 0 Å². The van der Waals surface area contributed by atoms with Gasteiger partial charge in [0.2, 0.25) is 0 Å². The van der Waals surface area contributed by atoms with Gasteiger partial charge in [-0.3, -0.25) is 10.1 Å². The van der Waals surface area contributed by atoms with Crippen LogP contribution in [0.1, 0.15) is 33.1 Å². The quantitative estimate of drug-likeness (QED) is 0.638. The minimum atomic E-state index is -3.64. The highest BCUT2D eigenvalue weighted by molar-refractivity contribution is 7.91. The monoisotopic (exact) mass is 333 g/mol. The van der Waals surface area contributed by atoms with E-state index in [4.69, 9.17) is 0 Å². The Hall–Kier alpha value is -1.19. The predicted molar refractivity (Wildman–Crippen MR) is 82.3 cm³/mol. The lowest BCUT2D eigenvalue weighted by atomic mass is 10.3. The second-order valence-electron chi connectivity index (χ2n) is 5.07. The maximum atomic E-state index is 12.6. The van der Waals surface area contributed by atoms with E-state index >= 15 is 0 Å². The Morgan fingerprint density at radius 1 is 1.57 bits per heavy atom. The largest absolute Gasteiger partial charge is 0.371 e. The first-order valence-electron chi connectivity index (χ1n) is 6.92. The molecule has 1 atom stereocenters. The fourth-order valence-corrected chi connectivity index (χ4v) is 5.55. The normalized spacial score (nSPS) is 19.8. The van der Waals surface area contributed by atoms with Crippen molar-refractivity contribution in [1.82, 2.24) is 4.31 Å². The number of rotatable bonds is 6. The van der Waals surface area contributed by atoms with Gasteiger partial charge in [-0.15, -0.1) is 0 Å². The zero-order valence-electron chi connectivity index (χ0n) is 12.0. The molecule has 9 heteroatoms. The molecule has 0 radical (unpaired) electrons. The number of nitrogens with zero attached hydrogens (tertiary/aromatic N) is 2. The molecule has 1 aromatic rings. The topological polar surface area (TPSA) is 92.6 Å². The van der Waals surface area contributed by atoms with Crippen LogP contribution in [0.5, 0.6) is 0 Å². The Bertz CT molecular complexity index is 626. The van der Waals surface area contributed by atoms with Crippen molar-refractivity contribution in [2.45, 2.75) is 43.4 Å². The first kappa shape index (κ1) is 16.2. The van der Waals surface area contributed by atoms with Gasteiger partial charge in [-0.05, 0) is 26.2 Å². The number of hydrogen-bond donors (Lipinski definition) is 1. The molecule has 0 aliphatic carbocycles. The Morgan fingerprint density at radius 3 is 2.81 bits per heavy atom. The van der Waals surface area contributed by atoms with Gasteiger partial charge >= 0.3 is 5.69 Å². The van der Waals surface area contributed by atoms with Crippen LogP contribution in [0.3, 0.4) is 0 Å². The van der Waals surface area contributed by atoms with E-state index in [1.807, 2.05) is 13.8 Å². The molecule has 2 rings (SSSR count). The van der Waals surface area contributed by atoms with Crippen LogP contribution >= 0.6 is 11.3 Å². The summed E-state index contributed by atoms with van der Waals surface area (Å²) in [5.41, 5.74) is -0.168. The molecule has 1 saturated heterocycles. The van der Waals surface area contributed by atoms with Crippen LogP contribution in [0.25, 0.3) is 0 Å². The Labute approximate surface area is 128 Å². The summed E-state index contributed by atoms with van der Waals surface area (Å²) >= 11 is 0.941. The molecule has 0 spiro atoms. The highest BCUT2D eigenvalue weighted by atomic mass is 32.2.